The molecule has 0 fully saturated rings. The Labute approximate surface area is 90.6 Å². The lowest BCUT2D eigenvalue weighted by atomic mass is 10.2. The second-order valence-electron chi connectivity index (χ2n) is 3.56. The predicted molar refractivity (Wildman–Crippen MR) is 59.2 cm³/mol. The molecule has 0 spiro atoms. The third kappa shape index (κ3) is 4.81. The summed E-state index contributed by atoms with van der Waals surface area (Å²) in [6, 6.07) is 7.86. The standard InChI is InChI=1S/C12H18O3/c1-10-4-3-5-12(8-10)15-7-6-11(13)9-14-2/h3-5,8,11,13H,6-7,9H2,1-2H3. The molecule has 3 heteroatoms. The second kappa shape index (κ2) is 6.43. The maximum Gasteiger partial charge on any atom is 0.119 e. The normalized spacial score (nSPS) is 12.5. The van der Waals surface area contributed by atoms with E-state index in [1.165, 1.54) is 5.56 Å². The average molecular weight is 210 g/mol. The predicted octanol–water partition coefficient (Wildman–Crippen LogP) is 1.77. The van der Waals surface area contributed by atoms with E-state index in [2.05, 4.69) is 0 Å². The highest BCUT2D eigenvalue weighted by Crippen LogP contribution is 2.12. The highest BCUT2D eigenvalue weighted by atomic mass is 16.5. The summed E-state index contributed by atoms with van der Waals surface area (Å²) in [5.41, 5.74) is 1.17. The van der Waals surface area contributed by atoms with Crippen molar-refractivity contribution in [3.63, 3.8) is 0 Å². The van der Waals surface area contributed by atoms with Crippen LogP contribution in [0.2, 0.25) is 0 Å². The monoisotopic (exact) mass is 210 g/mol. The van der Waals surface area contributed by atoms with E-state index in [0.29, 0.717) is 19.6 Å². The first-order chi connectivity index (χ1) is 7.22. The van der Waals surface area contributed by atoms with E-state index in [0.717, 1.165) is 5.75 Å². The number of methoxy groups -OCH3 is 1. The van der Waals surface area contributed by atoms with Crippen LogP contribution in [0, 0.1) is 6.92 Å². The van der Waals surface area contributed by atoms with Crippen LogP contribution in [-0.2, 0) is 4.74 Å². The molecule has 1 aromatic rings. The summed E-state index contributed by atoms with van der Waals surface area (Å²) in [6.07, 6.45) is 0.140. The quantitative estimate of drug-likeness (QED) is 0.777. The highest BCUT2D eigenvalue weighted by Gasteiger charge is 2.03. The Morgan fingerprint density at radius 1 is 1.40 bits per heavy atom. The second-order valence-corrected chi connectivity index (χ2v) is 3.56. The van der Waals surface area contributed by atoms with Crippen molar-refractivity contribution in [2.75, 3.05) is 20.3 Å². The number of hydrogen-bond acceptors (Lipinski definition) is 3. The first kappa shape index (κ1) is 12.0. The van der Waals surface area contributed by atoms with Gasteiger partial charge in [0, 0.05) is 13.5 Å². The molecule has 0 aliphatic heterocycles. The highest BCUT2D eigenvalue weighted by molar-refractivity contribution is 5.27. The van der Waals surface area contributed by atoms with Crippen LogP contribution in [0.1, 0.15) is 12.0 Å². The van der Waals surface area contributed by atoms with E-state index in [9.17, 15) is 5.11 Å². The van der Waals surface area contributed by atoms with Crippen LogP contribution in [0.25, 0.3) is 0 Å². The molecular weight excluding hydrogens is 192 g/mol. The summed E-state index contributed by atoms with van der Waals surface area (Å²) in [6.45, 7) is 2.89. The van der Waals surface area contributed by atoms with Crippen molar-refractivity contribution in [3.05, 3.63) is 29.8 Å². The number of aliphatic hydroxyl groups is 1. The number of aliphatic hydroxyl groups excluding tert-OH is 1. The van der Waals surface area contributed by atoms with E-state index >= 15 is 0 Å². The molecule has 1 aromatic carbocycles. The minimum Gasteiger partial charge on any atom is -0.493 e. The summed E-state index contributed by atoms with van der Waals surface area (Å²) in [5, 5.41) is 9.38. The topological polar surface area (TPSA) is 38.7 Å². The lowest BCUT2D eigenvalue weighted by Crippen LogP contribution is -2.17. The summed E-state index contributed by atoms with van der Waals surface area (Å²) >= 11 is 0. The molecule has 0 bridgehead atoms. The van der Waals surface area contributed by atoms with Gasteiger partial charge < -0.3 is 14.6 Å². The van der Waals surface area contributed by atoms with Gasteiger partial charge in [-0.25, -0.2) is 0 Å². The van der Waals surface area contributed by atoms with Crippen molar-refractivity contribution in [2.24, 2.45) is 0 Å². The molecule has 0 radical (unpaired) electrons. The average Bonchev–Trinajstić information content (AvgIpc) is 2.18. The zero-order valence-electron chi connectivity index (χ0n) is 9.27. The summed E-state index contributed by atoms with van der Waals surface area (Å²) in [5.74, 6) is 0.847. The molecule has 1 N–H and O–H groups in total. The molecule has 1 rings (SSSR count). The van der Waals surface area contributed by atoms with Gasteiger partial charge in [-0.1, -0.05) is 12.1 Å². The fourth-order valence-corrected chi connectivity index (χ4v) is 1.29. The van der Waals surface area contributed by atoms with Gasteiger partial charge in [0.15, 0.2) is 0 Å². The van der Waals surface area contributed by atoms with Crippen molar-refractivity contribution in [3.8, 4) is 5.75 Å². The number of hydrogen-bond donors (Lipinski definition) is 1. The van der Waals surface area contributed by atoms with Gasteiger partial charge in [0.05, 0.1) is 19.3 Å². The number of ether oxygens (including phenoxy) is 2. The smallest absolute Gasteiger partial charge is 0.119 e. The first-order valence-electron chi connectivity index (χ1n) is 5.09. The van der Waals surface area contributed by atoms with Gasteiger partial charge in [-0.15, -0.1) is 0 Å². The Morgan fingerprint density at radius 3 is 2.87 bits per heavy atom. The van der Waals surface area contributed by atoms with Gasteiger partial charge in [-0.3, -0.25) is 0 Å². The Balaban J connectivity index is 2.25. The molecular formula is C12H18O3. The minimum absolute atomic E-state index is 0.358. The Kier molecular flexibility index (Phi) is 5.15. The van der Waals surface area contributed by atoms with Crippen LogP contribution in [0.5, 0.6) is 5.75 Å². The molecule has 0 saturated heterocycles. The van der Waals surface area contributed by atoms with Gasteiger partial charge in [0.25, 0.3) is 0 Å². The van der Waals surface area contributed by atoms with Crippen LogP contribution >= 0.6 is 0 Å². The molecule has 0 aliphatic carbocycles. The zero-order valence-corrected chi connectivity index (χ0v) is 9.27. The number of rotatable bonds is 6. The van der Waals surface area contributed by atoms with Crippen molar-refractivity contribution in [1.82, 2.24) is 0 Å². The van der Waals surface area contributed by atoms with Crippen molar-refractivity contribution in [1.29, 1.82) is 0 Å². The van der Waals surface area contributed by atoms with Crippen LogP contribution in [0.15, 0.2) is 24.3 Å². The Hall–Kier alpha value is -1.06. The van der Waals surface area contributed by atoms with E-state index in [1.807, 2.05) is 31.2 Å². The lowest BCUT2D eigenvalue weighted by Gasteiger charge is -2.10. The molecule has 15 heavy (non-hydrogen) atoms. The minimum atomic E-state index is -0.445. The van der Waals surface area contributed by atoms with Crippen LogP contribution in [0.3, 0.4) is 0 Å². The molecule has 3 nitrogen and oxygen atoms in total. The van der Waals surface area contributed by atoms with Crippen LogP contribution < -0.4 is 4.74 Å². The maximum absolute atomic E-state index is 9.38. The fourth-order valence-electron chi connectivity index (χ4n) is 1.29. The third-order valence-corrected chi connectivity index (χ3v) is 2.07. The fraction of sp³-hybridized carbons (Fsp3) is 0.500. The summed E-state index contributed by atoms with van der Waals surface area (Å²) < 4.78 is 10.3. The van der Waals surface area contributed by atoms with Crippen molar-refractivity contribution < 1.29 is 14.6 Å². The summed E-state index contributed by atoms with van der Waals surface area (Å²) in [4.78, 5) is 0. The van der Waals surface area contributed by atoms with Gasteiger partial charge in [-0.05, 0) is 24.6 Å². The van der Waals surface area contributed by atoms with E-state index < -0.39 is 6.10 Å². The van der Waals surface area contributed by atoms with Crippen LogP contribution in [-0.4, -0.2) is 31.5 Å². The Morgan fingerprint density at radius 2 is 2.20 bits per heavy atom. The van der Waals surface area contributed by atoms with Gasteiger partial charge in [0.2, 0.25) is 0 Å². The number of aryl methyl sites for hydroxylation is 1. The Bertz CT molecular complexity index is 286. The third-order valence-electron chi connectivity index (χ3n) is 2.07. The van der Waals surface area contributed by atoms with E-state index in [1.54, 1.807) is 7.11 Å². The van der Waals surface area contributed by atoms with E-state index in [4.69, 9.17) is 9.47 Å². The van der Waals surface area contributed by atoms with Gasteiger partial charge in [0.1, 0.15) is 5.75 Å². The molecule has 1 unspecified atom stereocenters. The molecule has 0 heterocycles. The molecule has 0 aromatic heterocycles. The summed E-state index contributed by atoms with van der Waals surface area (Å²) in [7, 11) is 1.57. The van der Waals surface area contributed by atoms with Crippen molar-refractivity contribution in [2.45, 2.75) is 19.4 Å². The van der Waals surface area contributed by atoms with Gasteiger partial charge in [-0.2, -0.15) is 0 Å². The van der Waals surface area contributed by atoms with Crippen LogP contribution in [0.4, 0.5) is 0 Å². The lowest BCUT2D eigenvalue weighted by molar-refractivity contribution is 0.0501. The molecule has 0 saturated carbocycles. The zero-order chi connectivity index (χ0) is 11.1. The van der Waals surface area contributed by atoms with Gasteiger partial charge >= 0.3 is 0 Å². The molecule has 0 aliphatic rings. The maximum atomic E-state index is 9.38. The number of benzene rings is 1. The molecule has 84 valence electrons. The largest absolute Gasteiger partial charge is 0.493 e. The van der Waals surface area contributed by atoms with Crippen molar-refractivity contribution >= 4 is 0 Å². The molecule has 0 amide bonds. The van der Waals surface area contributed by atoms with E-state index in [-0.39, 0.29) is 0 Å². The SMILES string of the molecule is COCC(O)CCOc1cccc(C)c1. The molecule has 1 atom stereocenters. The first-order valence-corrected chi connectivity index (χ1v) is 5.09.